The fourth-order valence-electron chi connectivity index (χ4n) is 3.10. The van der Waals surface area contributed by atoms with Crippen molar-refractivity contribution in [2.45, 2.75) is 40.2 Å². The number of aliphatic imine (C=N–C) groups is 1. The largest absolute Gasteiger partial charge is 0.466 e. The van der Waals surface area contributed by atoms with Crippen molar-refractivity contribution in [2.24, 2.45) is 10.9 Å². The Morgan fingerprint density at radius 1 is 1.32 bits per heavy atom. The molecule has 9 heteroatoms. The van der Waals surface area contributed by atoms with Gasteiger partial charge in [-0.3, -0.25) is 4.79 Å². The number of aryl methyl sites for hydroxylation is 1. The number of halogens is 1. The second kappa shape index (κ2) is 11.9. The summed E-state index contributed by atoms with van der Waals surface area (Å²) >= 11 is 0. The minimum atomic E-state index is -0.417. The van der Waals surface area contributed by atoms with Gasteiger partial charge in [0.1, 0.15) is 23.6 Å². The normalized spacial score (nSPS) is 15.0. The number of methoxy groups -OCH3 is 1. The van der Waals surface area contributed by atoms with E-state index < -0.39 is 5.97 Å². The molecule has 1 aliphatic rings. The number of likely N-dealkylation sites (tertiary alicyclic amines) is 1. The molecule has 1 aromatic rings. The highest BCUT2D eigenvalue weighted by molar-refractivity contribution is 14.0. The van der Waals surface area contributed by atoms with E-state index in [9.17, 15) is 9.59 Å². The van der Waals surface area contributed by atoms with Crippen molar-refractivity contribution < 1.29 is 23.5 Å². The van der Waals surface area contributed by atoms with Crippen LogP contribution in [0.15, 0.2) is 15.5 Å². The molecule has 1 saturated heterocycles. The standard InChI is InChI=1S/C19H29N3O5.HI/c1-5-20-19(22-9-7-14(8-10-22)17(23)26-6-2)21-12-15-11-16(13(3)27-15)18(24)25-4;/h11,14H,5-10,12H2,1-4H3,(H,20,21);1H. The van der Waals surface area contributed by atoms with Crippen molar-refractivity contribution in [2.75, 3.05) is 33.4 Å². The maximum atomic E-state index is 11.9. The number of esters is 2. The summed E-state index contributed by atoms with van der Waals surface area (Å²) in [7, 11) is 1.34. The molecule has 1 N–H and O–H groups in total. The first kappa shape index (κ1) is 24.3. The van der Waals surface area contributed by atoms with Crippen LogP contribution in [0.4, 0.5) is 0 Å². The van der Waals surface area contributed by atoms with E-state index in [1.54, 1.807) is 13.0 Å². The van der Waals surface area contributed by atoms with Crippen molar-refractivity contribution in [3.63, 3.8) is 0 Å². The molecule has 1 aromatic heterocycles. The molecule has 2 heterocycles. The second-order valence-electron chi connectivity index (χ2n) is 6.36. The minimum absolute atomic E-state index is 0. The van der Waals surface area contributed by atoms with Crippen molar-refractivity contribution in [3.05, 3.63) is 23.2 Å². The number of nitrogens with zero attached hydrogens (tertiary/aromatic N) is 2. The van der Waals surface area contributed by atoms with E-state index in [1.807, 2.05) is 13.8 Å². The average Bonchev–Trinajstić information content (AvgIpc) is 3.05. The Bertz CT molecular complexity index is 681. The smallest absolute Gasteiger partial charge is 0.341 e. The van der Waals surface area contributed by atoms with Gasteiger partial charge in [0, 0.05) is 19.6 Å². The summed E-state index contributed by atoms with van der Waals surface area (Å²) in [5.41, 5.74) is 0.419. The highest BCUT2D eigenvalue weighted by Crippen LogP contribution is 2.20. The first-order chi connectivity index (χ1) is 13.0. The summed E-state index contributed by atoms with van der Waals surface area (Å²) < 4.78 is 15.5. The van der Waals surface area contributed by atoms with E-state index in [2.05, 4.69) is 15.2 Å². The first-order valence-corrected chi connectivity index (χ1v) is 9.37. The molecule has 8 nitrogen and oxygen atoms in total. The number of piperidine rings is 1. The molecule has 158 valence electrons. The first-order valence-electron chi connectivity index (χ1n) is 9.37. The van der Waals surface area contributed by atoms with Crippen molar-refractivity contribution in [1.82, 2.24) is 10.2 Å². The zero-order chi connectivity index (χ0) is 19.8. The summed E-state index contributed by atoms with van der Waals surface area (Å²) in [6.45, 7) is 8.50. The molecule has 0 unspecified atom stereocenters. The van der Waals surface area contributed by atoms with Crippen molar-refractivity contribution in [1.29, 1.82) is 0 Å². The van der Waals surface area contributed by atoms with E-state index in [-0.39, 0.29) is 35.9 Å². The van der Waals surface area contributed by atoms with Gasteiger partial charge in [-0.1, -0.05) is 0 Å². The fraction of sp³-hybridized carbons (Fsp3) is 0.632. The lowest BCUT2D eigenvalue weighted by molar-refractivity contribution is -0.149. The van der Waals surface area contributed by atoms with Crippen LogP contribution >= 0.6 is 24.0 Å². The lowest BCUT2D eigenvalue weighted by atomic mass is 9.97. The van der Waals surface area contributed by atoms with Gasteiger partial charge >= 0.3 is 11.9 Å². The van der Waals surface area contributed by atoms with Crippen LogP contribution in [0.25, 0.3) is 0 Å². The molecule has 0 amide bonds. The van der Waals surface area contributed by atoms with Crippen LogP contribution in [0, 0.1) is 12.8 Å². The Morgan fingerprint density at radius 2 is 2.00 bits per heavy atom. The Kier molecular flexibility index (Phi) is 10.3. The maximum Gasteiger partial charge on any atom is 0.341 e. The fourth-order valence-corrected chi connectivity index (χ4v) is 3.10. The lowest BCUT2D eigenvalue weighted by Gasteiger charge is -2.33. The van der Waals surface area contributed by atoms with Crippen LogP contribution in [0.2, 0.25) is 0 Å². The monoisotopic (exact) mass is 507 g/mol. The van der Waals surface area contributed by atoms with Crippen molar-refractivity contribution >= 4 is 41.9 Å². The van der Waals surface area contributed by atoms with Crippen LogP contribution in [-0.4, -0.2) is 56.1 Å². The van der Waals surface area contributed by atoms with Crippen LogP contribution in [0.5, 0.6) is 0 Å². The minimum Gasteiger partial charge on any atom is -0.466 e. The molecule has 0 radical (unpaired) electrons. The van der Waals surface area contributed by atoms with Gasteiger partial charge in [-0.25, -0.2) is 9.79 Å². The lowest BCUT2D eigenvalue weighted by Crippen LogP contribution is -2.46. The molecule has 1 fully saturated rings. The van der Waals surface area contributed by atoms with Gasteiger partial charge in [0.05, 0.1) is 19.6 Å². The number of hydrogen-bond acceptors (Lipinski definition) is 6. The molecule has 1 aliphatic heterocycles. The number of ether oxygens (including phenoxy) is 2. The van der Waals surface area contributed by atoms with Crippen LogP contribution in [0.1, 0.15) is 48.6 Å². The molecule has 0 atom stereocenters. The third-order valence-corrected chi connectivity index (χ3v) is 4.51. The summed E-state index contributed by atoms with van der Waals surface area (Å²) in [6, 6.07) is 1.67. The zero-order valence-corrected chi connectivity index (χ0v) is 19.3. The zero-order valence-electron chi connectivity index (χ0n) is 16.9. The average molecular weight is 507 g/mol. The number of nitrogens with one attached hydrogen (secondary N) is 1. The Balaban J connectivity index is 0.00000392. The van der Waals surface area contributed by atoms with Gasteiger partial charge in [-0.05, 0) is 39.7 Å². The predicted octanol–water partition coefficient (Wildman–Crippen LogP) is 2.73. The Hall–Kier alpha value is -1.78. The molecular weight excluding hydrogens is 477 g/mol. The summed E-state index contributed by atoms with van der Waals surface area (Å²) in [4.78, 5) is 30.3. The van der Waals surface area contributed by atoms with Crippen LogP contribution in [-0.2, 0) is 20.8 Å². The van der Waals surface area contributed by atoms with Gasteiger partial charge in [-0.2, -0.15) is 0 Å². The highest BCUT2D eigenvalue weighted by Gasteiger charge is 2.27. The number of hydrogen-bond donors (Lipinski definition) is 1. The third-order valence-electron chi connectivity index (χ3n) is 4.51. The number of furan rings is 1. The molecular formula is C19H30IN3O5. The molecule has 0 aromatic carbocycles. The van der Waals surface area contributed by atoms with E-state index in [1.165, 1.54) is 7.11 Å². The number of rotatable bonds is 6. The van der Waals surface area contributed by atoms with Gasteiger partial charge in [0.2, 0.25) is 0 Å². The topological polar surface area (TPSA) is 93.4 Å². The Morgan fingerprint density at radius 3 is 2.57 bits per heavy atom. The van der Waals surface area contributed by atoms with E-state index >= 15 is 0 Å². The van der Waals surface area contributed by atoms with E-state index in [0.29, 0.717) is 30.2 Å². The summed E-state index contributed by atoms with van der Waals surface area (Å²) in [5, 5.41) is 3.27. The summed E-state index contributed by atoms with van der Waals surface area (Å²) in [5.74, 6) is 1.32. The van der Waals surface area contributed by atoms with Gasteiger partial charge in [0.25, 0.3) is 0 Å². The van der Waals surface area contributed by atoms with E-state index in [0.717, 1.165) is 38.4 Å². The SMILES string of the molecule is CCNC(=NCc1cc(C(=O)OC)c(C)o1)N1CCC(C(=O)OCC)CC1.I. The number of carbonyl (C=O) groups excluding carboxylic acids is 2. The van der Waals surface area contributed by atoms with Crippen molar-refractivity contribution in [3.8, 4) is 0 Å². The van der Waals surface area contributed by atoms with Gasteiger partial charge in [0.15, 0.2) is 5.96 Å². The van der Waals surface area contributed by atoms with Crippen LogP contribution < -0.4 is 5.32 Å². The molecule has 0 saturated carbocycles. The number of guanidine groups is 1. The van der Waals surface area contributed by atoms with Gasteiger partial charge in [-0.15, -0.1) is 24.0 Å². The molecule has 0 spiro atoms. The summed E-state index contributed by atoms with van der Waals surface area (Å²) in [6.07, 6.45) is 1.49. The maximum absolute atomic E-state index is 11.9. The Labute approximate surface area is 183 Å². The second-order valence-corrected chi connectivity index (χ2v) is 6.36. The number of carbonyl (C=O) groups is 2. The van der Waals surface area contributed by atoms with Crippen LogP contribution in [0.3, 0.4) is 0 Å². The highest BCUT2D eigenvalue weighted by atomic mass is 127. The molecule has 0 aliphatic carbocycles. The molecule has 0 bridgehead atoms. The third kappa shape index (κ3) is 6.39. The quantitative estimate of drug-likeness (QED) is 0.274. The molecule has 2 rings (SSSR count). The van der Waals surface area contributed by atoms with Gasteiger partial charge < -0.3 is 24.1 Å². The molecule has 28 heavy (non-hydrogen) atoms. The predicted molar refractivity (Wildman–Crippen MR) is 116 cm³/mol. The van der Waals surface area contributed by atoms with E-state index in [4.69, 9.17) is 13.9 Å².